The first kappa shape index (κ1) is 9.21. The Balaban J connectivity index is 2.60. The van der Waals surface area contributed by atoms with Crippen LogP contribution in [0.15, 0.2) is 40.8 Å². The molecule has 2 nitrogen and oxygen atoms in total. The second-order valence-electron chi connectivity index (χ2n) is 2.92. The molecule has 0 spiro atoms. The van der Waals surface area contributed by atoms with Crippen molar-refractivity contribution in [1.82, 2.24) is 0 Å². The largest absolute Gasteiger partial charge is 0.288 e. The van der Waals surface area contributed by atoms with E-state index >= 15 is 0 Å². The van der Waals surface area contributed by atoms with Crippen LogP contribution in [0.2, 0.25) is 0 Å². The molecule has 70 valence electrons. The van der Waals surface area contributed by atoms with Gasteiger partial charge in [-0.05, 0) is 30.8 Å². The molecule has 0 aromatic heterocycles. The van der Waals surface area contributed by atoms with E-state index in [1.165, 1.54) is 0 Å². The molecule has 1 aliphatic heterocycles. The molecule has 0 fully saturated rings. The zero-order chi connectivity index (χ0) is 10.1. The summed E-state index contributed by atoms with van der Waals surface area (Å²) in [5.41, 5.74) is 0.916. The Morgan fingerprint density at radius 1 is 1.21 bits per heavy atom. The van der Waals surface area contributed by atoms with Crippen molar-refractivity contribution in [3.63, 3.8) is 0 Å². The van der Waals surface area contributed by atoms with Gasteiger partial charge < -0.3 is 0 Å². The van der Waals surface area contributed by atoms with Crippen molar-refractivity contribution in [2.45, 2.75) is 11.8 Å². The number of fused-ring (bicyclic) bond motifs is 1. The fourth-order valence-electron chi connectivity index (χ4n) is 1.38. The van der Waals surface area contributed by atoms with Crippen molar-refractivity contribution in [1.29, 1.82) is 0 Å². The number of Topliss-reactive ketones (excluding diaryl/α,β-unsaturated/α-hetero) is 1. The van der Waals surface area contributed by atoms with Gasteiger partial charge in [-0.15, -0.1) is 0 Å². The van der Waals surface area contributed by atoms with Crippen LogP contribution in [0.3, 0.4) is 0 Å². The molecule has 14 heavy (non-hydrogen) atoms. The molecule has 0 saturated heterocycles. The van der Waals surface area contributed by atoms with Crippen LogP contribution in [0.25, 0.3) is 0 Å². The van der Waals surface area contributed by atoms with E-state index in [0.717, 1.165) is 16.7 Å². The maximum absolute atomic E-state index is 11.8. The maximum atomic E-state index is 11.8. The number of thioether (sulfide) groups is 1. The highest BCUT2D eigenvalue weighted by Gasteiger charge is 2.28. The number of carbonyl (C=O) groups excluding carboxylic acids is 2. The van der Waals surface area contributed by atoms with Crippen molar-refractivity contribution < 1.29 is 9.59 Å². The lowest BCUT2D eigenvalue weighted by atomic mass is 10.0. The van der Waals surface area contributed by atoms with Gasteiger partial charge in [0.1, 0.15) is 0 Å². The van der Waals surface area contributed by atoms with Gasteiger partial charge in [-0.3, -0.25) is 9.59 Å². The van der Waals surface area contributed by atoms with E-state index in [-0.39, 0.29) is 16.5 Å². The fraction of sp³-hybridized carbons (Fsp3) is 0.0909. The van der Waals surface area contributed by atoms with Crippen molar-refractivity contribution >= 4 is 22.7 Å². The minimum Gasteiger partial charge on any atom is -0.288 e. The fourth-order valence-corrected chi connectivity index (χ4v) is 2.32. The predicted molar refractivity (Wildman–Crippen MR) is 55.4 cm³/mol. The van der Waals surface area contributed by atoms with Crippen LogP contribution in [0.5, 0.6) is 0 Å². The van der Waals surface area contributed by atoms with Crippen LogP contribution >= 0.6 is 11.8 Å². The second-order valence-corrected chi connectivity index (χ2v) is 3.93. The normalized spacial score (nSPS) is 18.5. The lowest BCUT2D eigenvalue weighted by Gasteiger charge is -2.14. The van der Waals surface area contributed by atoms with Gasteiger partial charge >= 0.3 is 0 Å². The molecular weight excluding hydrogens is 196 g/mol. The van der Waals surface area contributed by atoms with Gasteiger partial charge in [0.05, 0.1) is 5.57 Å². The molecule has 2 rings (SSSR count). The van der Waals surface area contributed by atoms with Gasteiger partial charge in [0, 0.05) is 10.5 Å². The second kappa shape index (κ2) is 3.42. The van der Waals surface area contributed by atoms with Gasteiger partial charge in [-0.25, -0.2) is 0 Å². The highest BCUT2D eigenvalue weighted by Crippen LogP contribution is 2.33. The van der Waals surface area contributed by atoms with Crippen molar-refractivity contribution in [3.8, 4) is 0 Å². The topological polar surface area (TPSA) is 34.1 Å². The van der Waals surface area contributed by atoms with Gasteiger partial charge in [-0.1, -0.05) is 18.2 Å². The smallest absolute Gasteiger partial charge is 0.227 e. The molecule has 3 heteroatoms. The summed E-state index contributed by atoms with van der Waals surface area (Å²) in [6, 6.07) is 7.18. The Kier molecular flexibility index (Phi) is 2.25. The van der Waals surface area contributed by atoms with Crippen molar-refractivity contribution in [2.24, 2.45) is 0 Å². The molecule has 0 amide bonds. The Hall–Kier alpha value is -1.35. The van der Waals surface area contributed by atoms with Crippen LogP contribution in [0.1, 0.15) is 17.3 Å². The first-order valence-electron chi connectivity index (χ1n) is 4.26. The summed E-state index contributed by atoms with van der Waals surface area (Å²) in [4.78, 5) is 24.0. The van der Waals surface area contributed by atoms with Crippen LogP contribution in [0, 0.1) is 0 Å². The SMILES string of the molecule is C/C=C1/C(=O)Sc2ccccc2C1=O. The summed E-state index contributed by atoms with van der Waals surface area (Å²) in [7, 11) is 0. The summed E-state index contributed by atoms with van der Waals surface area (Å²) in [6.45, 7) is 1.71. The number of hydrogen-bond donors (Lipinski definition) is 0. The van der Waals surface area contributed by atoms with E-state index in [0.29, 0.717) is 5.56 Å². The molecule has 1 aromatic carbocycles. The molecule has 0 N–H and O–H groups in total. The number of carbonyl (C=O) groups is 2. The average Bonchev–Trinajstić information content (AvgIpc) is 2.18. The van der Waals surface area contributed by atoms with Crippen molar-refractivity contribution in [2.75, 3.05) is 0 Å². The number of ketones is 1. The van der Waals surface area contributed by atoms with Crippen molar-refractivity contribution in [3.05, 3.63) is 41.5 Å². The van der Waals surface area contributed by atoms with E-state index in [2.05, 4.69) is 0 Å². The molecule has 0 saturated carbocycles. The van der Waals surface area contributed by atoms with Gasteiger partial charge in [0.15, 0.2) is 5.78 Å². The number of rotatable bonds is 0. The molecule has 1 aliphatic rings. The van der Waals surface area contributed by atoms with Gasteiger partial charge in [0.2, 0.25) is 5.12 Å². The third-order valence-electron chi connectivity index (χ3n) is 2.09. The lowest BCUT2D eigenvalue weighted by Crippen LogP contribution is -2.16. The van der Waals surface area contributed by atoms with Gasteiger partial charge in [-0.2, -0.15) is 0 Å². The Bertz CT molecular complexity index is 446. The predicted octanol–water partition coefficient (Wildman–Crippen LogP) is 2.45. The average molecular weight is 204 g/mol. The molecule has 0 aliphatic carbocycles. The minimum atomic E-state index is -0.160. The van der Waals surface area contributed by atoms with Crippen LogP contribution in [0.4, 0.5) is 0 Å². The first-order valence-corrected chi connectivity index (χ1v) is 5.08. The molecule has 0 radical (unpaired) electrons. The zero-order valence-corrected chi connectivity index (χ0v) is 8.43. The highest BCUT2D eigenvalue weighted by atomic mass is 32.2. The maximum Gasteiger partial charge on any atom is 0.227 e. The molecule has 0 atom stereocenters. The molecule has 1 heterocycles. The van der Waals surface area contributed by atoms with Crippen LogP contribution in [-0.2, 0) is 4.79 Å². The van der Waals surface area contributed by atoms with Gasteiger partial charge in [0.25, 0.3) is 0 Å². The third kappa shape index (κ3) is 1.30. The quantitative estimate of drug-likeness (QED) is 0.481. The summed E-state index contributed by atoms with van der Waals surface area (Å²) >= 11 is 1.12. The van der Waals surface area contributed by atoms with Crippen LogP contribution < -0.4 is 0 Å². The number of hydrogen-bond acceptors (Lipinski definition) is 3. The van der Waals surface area contributed by atoms with E-state index in [1.807, 2.05) is 6.07 Å². The van der Waals surface area contributed by atoms with E-state index in [4.69, 9.17) is 0 Å². The molecule has 1 aromatic rings. The number of benzene rings is 1. The third-order valence-corrected chi connectivity index (χ3v) is 3.07. The number of allylic oxidation sites excluding steroid dienone is 1. The summed E-state index contributed by atoms with van der Waals surface area (Å²) in [6.07, 6.45) is 1.58. The first-order chi connectivity index (χ1) is 6.74. The summed E-state index contributed by atoms with van der Waals surface area (Å²) in [5.74, 6) is -0.160. The summed E-state index contributed by atoms with van der Waals surface area (Å²) < 4.78 is 0. The molecular formula is C11H8O2S. The molecule has 0 bridgehead atoms. The molecule has 0 unspecified atom stereocenters. The standard InChI is InChI=1S/C11H8O2S/c1-2-7-10(12)8-5-3-4-6-9(8)14-11(7)13/h2-6H,1H3/b7-2+. The summed E-state index contributed by atoms with van der Waals surface area (Å²) in [5, 5.41) is -0.156. The highest BCUT2D eigenvalue weighted by molar-refractivity contribution is 8.14. The van der Waals surface area contributed by atoms with Crippen LogP contribution in [-0.4, -0.2) is 10.9 Å². The Morgan fingerprint density at radius 3 is 2.64 bits per heavy atom. The van der Waals surface area contributed by atoms with E-state index in [9.17, 15) is 9.59 Å². The van der Waals surface area contributed by atoms with E-state index < -0.39 is 0 Å². The van der Waals surface area contributed by atoms with E-state index in [1.54, 1.807) is 31.2 Å². The Labute approximate surface area is 86.0 Å². The minimum absolute atomic E-state index is 0.156. The lowest BCUT2D eigenvalue weighted by molar-refractivity contribution is -0.107. The zero-order valence-electron chi connectivity index (χ0n) is 7.61. The Morgan fingerprint density at radius 2 is 1.93 bits per heavy atom. The monoisotopic (exact) mass is 204 g/mol.